The van der Waals surface area contributed by atoms with E-state index in [0.29, 0.717) is 17.4 Å². The van der Waals surface area contributed by atoms with Crippen LogP contribution in [0.15, 0.2) is 72.9 Å². The predicted molar refractivity (Wildman–Crippen MR) is 369 cm³/mol. The molecule has 0 rings (SSSR count). The van der Waals surface area contributed by atoms with Crippen LogP contribution in [0.3, 0.4) is 0 Å². The predicted octanol–water partition coefficient (Wildman–Crippen LogP) is 23.1. The van der Waals surface area contributed by atoms with Gasteiger partial charge in [0.25, 0.3) is 0 Å². The summed E-state index contributed by atoms with van der Waals surface area (Å²) in [5, 5.41) is 3.08. The van der Waals surface area contributed by atoms with E-state index in [-0.39, 0.29) is 31.5 Å². The van der Waals surface area contributed by atoms with E-state index in [9.17, 15) is 19.0 Å². The molecule has 0 aromatic rings. The molecule has 0 saturated carbocycles. The van der Waals surface area contributed by atoms with Gasteiger partial charge in [0.05, 0.1) is 33.8 Å². The van der Waals surface area contributed by atoms with Crippen molar-refractivity contribution < 1.29 is 37.3 Å². The van der Waals surface area contributed by atoms with Crippen LogP contribution in [0.2, 0.25) is 0 Å². The molecular weight excluding hydrogens is 1070 g/mol. The van der Waals surface area contributed by atoms with Crippen LogP contribution in [0, 0.1) is 0 Å². The van der Waals surface area contributed by atoms with Gasteiger partial charge in [-0.15, -0.1) is 0 Å². The number of quaternary nitrogens is 1. The summed E-state index contributed by atoms with van der Waals surface area (Å²) in [6.07, 6.45) is 84.8. The van der Waals surface area contributed by atoms with Gasteiger partial charge in [0, 0.05) is 12.8 Å². The van der Waals surface area contributed by atoms with Crippen LogP contribution in [0.4, 0.5) is 0 Å². The Morgan fingerprint density at radius 2 is 0.718 bits per heavy atom. The molecule has 2 N–H and O–H groups in total. The van der Waals surface area contributed by atoms with E-state index in [2.05, 4.69) is 86.8 Å². The minimum absolute atomic E-state index is 0.0387. The summed E-state index contributed by atoms with van der Waals surface area (Å²) < 4.78 is 30.9. The average molecular weight is 1210 g/mol. The van der Waals surface area contributed by atoms with Crippen molar-refractivity contribution in [3.8, 4) is 0 Å². The second kappa shape index (κ2) is 64.4. The van der Waals surface area contributed by atoms with Crippen LogP contribution in [-0.4, -0.2) is 74.3 Å². The molecule has 0 saturated heterocycles. The molecule has 10 heteroatoms. The molecule has 9 nitrogen and oxygen atoms in total. The fourth-order valence-corrected chi connectivity index (χ4v) is 11.2. The van der Waals surface area contributed by atoms with E-state index >= 15 is 0 Å². The Morgan fingerprint density at radius 3 is 1.09 bits per heavy atom. The number of phosphoric acid groups is 1. The Balaban J connectivity index is 5.05. The Hall–Kier alpha value is -2.55. The molecule has 0 aromatic carbocycles. The van der Waals surface area contributed by atoms with E-state index in [0.717, 1.165) is 77.0 Å². The second-order valence-corrected chi connectivity index (χ2v) is 27.2. The molecule has 0 aromatic heterocycles. The first-order valence-electron chi connectivity index (χ1n) is 36.3. The number of phosphoric ester groups is 1. The topological polar surface area (TPSA) is 111 Å². The molecule has 0 aliphatic carbocycles. The largest absolute Gasteiger partial charge is 0.472 e. The zero-order valence-electron chi connectivity index (χ0n) is 56.9. The van der Waals surface area contributed by atoms with Crippen LogP contribution in [0.25, 0.3) is 0 Å². The number of likely N-dealkylation sites (N-methyl/N-ethyl adjacent to an activating group) is 1. The smallest absolute Gasteiger partial charge is 0.456 e. The standard InChI is InChI=1S/C75H139N2O7P/c1-7-10-13-16-19-22-25-28-30-32-34-35-36-37-38-39-40-41-43-44-46-49-52-55-58-61-64-67-74(78)76-72(71-83-85(80,81)82-70-69-77(4,5)6)73(66-63-60-57-54-51-48-27-24-21-18-15-12-9-3)84-75(79)68-65-62-59-56-53-50-47-45-42-33-31-29-26-23-20-17-14-11-8-2/h19-20,22-23,28-31,34-35,63,66,72-73H,7-18,21,24-27,32-33,36-62,64-65,67-71H2,1-6H3,(H-,76,78,80,81)/p+1/b22-19-,23-20-,30-28-,31-29-,35-34-,66-63-. The maximum Gasteiger partial charge on any atom is 0.472 e. The lowest BCUT2D eigenvalue weighted by Gasteiger charge is -2.27. The summed E-state index contributed by atoms with van der Waals surface area (Å²) in [5.74, 6) is -0.499. The first-order valence-corrected chi connectivity index (χ1v) is 37.8. The number of amides is 1. The molecule has 0 spiro atoms. The van der Waals surface area contributed by atoms with Crippen molar-refractivity contribution in [3.05, 3.63) is 72.9 Å². The third-order valence-electron chi connectivity index (χ3n) is 16.1. The molecule has 0 aliphatic rings. The Bertz CT molecular complexity index is 1680. The summed E-state index contributed by atoms with van der Waals surface area (Å²) in [6, 6.07) is -0.853. The first-order chi connectivity index (χ1) is 41.4. The third kappa shape index (κ3) is 65.7. The van der Waals surface area contributed by atoms with Gasteiger partial charge in [0.15, 0.2) is 0 Å². The normalized spacial score (nSPS) is 13.9. The van der Waals surface area contributed by atoms with Crippen LogP contribution < -0.4 is 5.32 Å². The fourth-order valence-electron chi connectivity index (χ4n) is 10.5. The van der Waals surface area contributed by atoms with Gasteiger partial charge < -0.3 is 19.4 Å². The summed E-state index contributed by atoms with van der Waals surface area (Å²) in [5.41, 5.74) is 0. The Labute approximate surface area is 527 Å². The van der Waals surface area contributed by atoms with Gasteiger partial charge in [-0.05, 0) is 102 Å². The minimum atomic E-state index is -4.46. The molecule has 496 valence electrons. The summed E-state index contributed by atoms with van der Waals surface area (Å²) in [6.45, 7) is 7.00. The fraction of sp³-hybridized carbons (Fsp3) is 0.813. The lowest BCUT2D eigenvalue weighted by Crippen LogP contribution is -2.47. The molecule has 85 heavy (non-hydrogen) atoms. The number of rotatable bonds is 66. The van der Waals surface area contributed by atoms with Crippen LogP contribution >= 0.6 is 7.82 Å². The molecular formula is C75H140N2O7P+. The number of nitrogens with zero attached hydrogens (tertiary/aromatic N) is 1. The number of nitrogens with one attached hydrogen (secondary N) is 1. The number of esters is 1. The Kier molecular flexibility index (Phi) is 62.5. The molecule has 0 bridgehead atoms. The number of hydrogen-bond acceptors (Lipinski definition) is 6. The van der Waals surface area contributed by atoms with Crippen LogP contribution in [0.1, 0.15) is 342 Å². The van der Waals surface area contributed by atoms with Crippen LogP contribution in [0.5, 0.6) is 0 Å². The lowest BCUT2D eigenvalue weighted by molar-refractivity contribution is -0.870. The molecule has 3 atom stereocenters. The van der Waals surface area contributed by atoms with E-state index in [1.807, 2.05) is 33.3 Å². The minimum Gasteiger partial charge on any atom is -0.456 e. The Morgan fingerprint density at radius 1 is 0.412 bits per heavy atom. The maximum atomic E-state index is 13.6. The molecule has 0 aliphatic heterocycles. The highest BCUT2D eigenvalue weighted by Crippen LogP contribution is 2.43. The summed E-state index contributed by atoms with van der Waals surface area (Å²) in [7, 11) is 1.50. The number of carbonyl (C=O) groups excluding carboxylic acids is 2. The highest BCUT2D eigenvalue weighted by molar-refractivity contribution is 7.47. The van der Waals surface area contributed by atoms with Crippen LogP contribution in [-0.2, 0) is 27.9 Å². The van der Waals surface area contributed by atoms with Gasteiger partial charge >= 0.3 is 13.8 Å². The van der Waals surface area contributed by atoms with E-state index in [1.54, 1.807) is 0 Å². The number of allylic oxidation sites excluding steroid dienone is 11. The van der Waals surface area contributed by atoms with E-state index in [1.165, 1.54) is 231 Å². The quantitative estimate of drug-likeness (QED) is 0.0205. The number of unbranched alkanes of at least 4 members (excludes halogenated alkanes) is 40. The number of ether oxygens (including phenoxy) is 1. The van der Waals surface area contributed by atoms with E-state index in [4.69, 9.17) is 13.8 Å². The highest BCUT2D eigenvalue weighted by atomic mass is 31.2. The summed E-state index contributed by atoms with van der Waals surface area (Å²) >= 11 is 0. The van der Waals surface area contributed by atoms with Crippen molar-refractivity contribution in [3.63, 3.8) is 0 Å². The van der Waals surface area contributed by atoms with Crippen molar-refractivity contribution >= 4 is 19.7 Å². The molecule has 0 heterocycles. The van der Waals surface area contributed by atoms with Gasteiger partial charge in [0.1, 0.15) is 19.3 Å². The number of carbonyl (C=O) groups is 2. The van der Waals surface area contributed by atoms with Gasteiger partial charge in [-0.25, -0.2) is 4.57 Å². The maximum absolute atomic E-state index is 13.6. The zero-order valence-corrected chi connectivity index (χ0v) is 57.7. The zero-order chi connectivity index (χ0) is 62.1. The van der Waals surface area contributed by atoms with Crippen molar-refractivity contribution in [2.24, 2.45) is 0 Å². The molecule has 0 fully saturated rings. The van der Waals surface area contributed by atoms with Crippen molar-refractivity contribution in [2.45, 2.75) is 354 Å². The second-order valence-electron chi connectivity index (χ2n) is 25.8. The number of hydrogen-bond donors (Lipinski definition) is 2. The van der Waals surface area contributed by atoms with E-state index < -0.39 is 20.0 Å². The van der Waals surface area contributed by atoms with Gasteiger partial charge in [-0.2, -0.15) is 0 Å². The van der Waals surface area contributed by atoms with Gasteiger partial charge in [0.2, 0.25) is 5.91 Å². The average Bonchev–Trinajstić information content (AvgIpc) is 3.53. The SMILES string of the molecule is CCCCC/C=C\C/C=C\C/C=C\CCCCCCCCCCCCCCCCC(=O)NC(COP(=O)(O)OCC[N+](C)(C)C)C(/C=C\CCCCCCCCCCCCC)OC(=O)CCCCCCCCCCC/C=C\C/C=C\CCCCC. The lowest BCUT2D eigenvalue weighted by atomic mass is 10.0. The molecule has 0 radical (unpaired) electrons. The van der Waals surface area contributed by atoms with Crippen molar-refractivity contribution in [1.82, 2.24) is 5.32 Å². The van der Waals surface area contributed by atoms with Crippen molar-refractivity contribution in [1.29, 1.82) is 0 Å². The van der Waals surface area contributed by atoms with Crippen molar-refractivity contribution in [2.75, 3.05) is 40.9 Å². The monoisotopic (exact) mass is 1210 g/mol. The van der Waals surface area contributed by atoms with Gasteiger partial charge in [-0.1, -0.05) is 299 Å². The first kappa shape index (κ1) is 82.5. The highest BCUT2D eigenvalue weighted by Gasteiger charge is 2.30. The summed E-state index contributed by atoms with van der Waals surface area (Å²) in [4.78, 5) is 37.9. The molecule has 3 unspecified atom stereocenters. The molecule has 1 amide bonds. The third-order valence-corrected chi connectivity index (χ3v) is 17.1. The van der Waals surface area contributed by atoms with Gasteiger partial charge in [-0.3, -0.25) is 18.6 Å².